The van der Waals surface area contributed by atoms with Gasteiger partial charge in [-0.2, -0.15) is 18.3 Å². The molecule has 0 saturated heterocycles. The summed E-state index contributed by atoms with van der Waals surface area (Å²) in [5.41, 5.74) is 2.28. The fourth-order valence-corrected chi connectivity index (χ4v) is 4.52. The first kappa shape index (κ1) is 25.3. The van der Waals surface area contributed by atoms with Gasteiger partial charge < -0.3 is 0 Å². The third-order valence-electron chi connectivity index (χ3n) is 4.68. The Morgan fingerprint density at radius 3 is 2.41 bits per heavy atom. The lowest BCUT2D eigenvalue weighted by Gasteiger charge is -2.24. The largest absolute Gasteiger partial charge is 0.416 e. The Bertz CT molecular complexity index is 1310. The quantitative estimate of drug-likeness (QED) is 0.359. The van der Waals surface area contributed by atoms with Crippen molar-refractivity contribution in [1.82, 2.24) is 5.43 Å². The van der Waals surface area contributed by atoms with Gasteiger partial charge in [-0.3, -0.25) is 9.10 Å². The van der Waals surface area contributed by atoms with E-state index in [-0.39, 0.29) is 16.1 Å². The van der Waals surface area contributed by atoms with Gasteiger partial charge in [0.25, 0.3) is 15.9 Å². The van der Waals surface area contributed by atoms with Gasteiger partial charge in [-0.05, 0) is 54.4 Å². The van der Waals surface area contributed by atoms with E-state index in [0.29, 0.717) is 5.02 Å². The Labute approximate surface area is 199 Å². The summed E-state index contributed by atoms with van der Waals surface area (Å²) < 4.78 is 65.9. The third-order valence-corrected chi connectivity index (χ3v) is 6.87. The molecule has 0 aliphatic rings. The van der Waals surface area contributed by atoms with Crippen molar-refractivity contribution in [2.24, 2.45) is 5.10 Å². The van der Waals surface area contributed by atoms with Crippen LogP contribution in [0.15, 0.2) is 82.8 Å². The van der Waals surface area contributed by atoms with E-state index in [1.165, 1.54) is 36.4 Å². The van der Waals surface area contributed by atoms with Crippen molar-refractivity contribution in [3.63, 3.8) is 0 Å². The van der Waals surface area contributed by atoms with E-state index in [0.717, 1.165) is 28.2 Å². The molecule has 0 unspecified atom stereocenters. The summed E-state index contributed by atoms with van der Waals surface area (Å²) >= 11 is 6.16. The van der Waals surface area contributed by atoms with Gasteiger partial charge in [0.15, 0.2) is 0 Å². The molecule has 11 heteroatoms. The molecule has 0 atom stereocenters. The monoisotopic (exact) mass is 509 g/mol. The molecular formula is C23H19ClF3N3O3S. The van der Waals surface area contributed by atoms with Crippen LogP contribution < -0.4 is 9.73 Å². The lowest BCUT2D eigenvalue weighted by atomic mass is 10.1. The molecule has 0 aliphatic carbocycles. The molecule has 0 aromatic heterocycles. The second kappa shape index (κ2) is 10.3. The zero-order chi connectivity index (χ0) is 24.9. The molecule has 3 rings (SSSR count). The van der Waals surface area contributed by atoms with Crippen LogP contribution in [0.5, 0.6) is 0 Å². The summed E-state index contributed by atoms with van der Waals surface area (Å²) in [4.78, 5) is 12.5. The van der Waals surface area contributed by atoms with Gasteiger partial charge in [-0.15, -0.1) is 0 Å². The zero-order valence-corrected chi connectivity index (χ0v) is 19.3. The van der Waals surface area contributed by atoms with Crippen LogP contribution in [0, 0.1) is 6.92 Å². The van der Waals surface area contributed by atoms with E-state index in [9.17, 15) is 26.4 Å². The maximum absolute atomic E-state index is 13.2. The van der Waals surface area contributed by atoms with E-state index in [1.54, 1.807) is 31.2 Å². The van der Waals surface area contributed by atoms with Crippen molar-refractivity contribution in [3.8, 4) is 0 Å². The predicted molar refractivity (Wildman–Crippen MR) is 124 cm³/mol. The number of hydrogen-bond donors (Lipinski definition) is 1. The molecule has 0 saturated carbocycles. The Morgan fingerprint density at radius 2 is 1.76 bits per heavy atom. The molecule has 0 spiro atoms. The molecule has 0 fully saturated rings. The van der Waals surface area contributed by atoms with Gasteiger partial charge in [0.2, 0.25) is 0 Å². The number of nitrogens with zero attached hydrogens (tertiary/aromatic N) is 2. The molecule has 6 nitrogen and oxygen atoms in total. The number of nitrogens with one attached hydrogen (secondary N) is 1. The van der Waals surface area contributed by atoms with Crippen molar-refractivity contribution in [3.05, 3.63) is 94.5 Å². The highest BCUT2D eigenvalue weighted by atomic mass is 35.5. The number of hydrogen-bond acceptors (Lipinski definition) is 4. The first-order valence-corrected chi connectivity index (χ1v) is 11.6. The van der Waals surface area contributed by atoms with Gasteiger partial charge >= 0.3 is 6.18 Å². The molecule has 3 aromatic rings. The fourth-order valence-electron chi connectivity index (χ4n) is 2.91. The van der Waals surface area contributed by atoms with Crippen LogP contribution in [-0.2, 0) is 21.0 Å². The summed E-state index contributed by atoms with van der Waals surface area (Å²) in [6.45, 7) is 1.11. The first-order valence-electron chi connectivity index (χ1n) is 9.81. The zero-order valence-electron chi connectivity index (χ0n) is 17.8. The number of rotatable bonds is 7. The van der Waals surface area contributed by atoms with Gasteiger partial charge in [0.1, 0.15) is 6.54 Å². The van der Waals surface area contributed by atoms with Crippen LogP contribution in [0.2, 0.25) is 5.02 Å². The smallest absolute Gasteiger partial charge is 0.271 e. The molecule has 1 N–H and O–H groups in total. The van der Waals surface area contributed by atoms with Gasteiger partial charge in [-0.25, -0.2) is 13.8 Å². The Kier molecular flexibility index (Phi) is 7.63. The minimum absolute atomic E-state index is 0.0352. The van der Waals surface area contributed by atoms with Crippen LogP contribution in [0.3, 0.4) is 0 Å². The second-order valence-corrected chi connectivity index (χ2v) is 9.44. The standard InChI is InChI=1S/C23H19ClF3N3O3S/c1-16-10-11-19(13-21(16)24)30(34(32,33)20-8-3-2-4-9-20)15-22(31)29-28-14-17-6-5-7-18(12-17)23(25,26)27/h2-14H,15H2,1H3,(H,29,31)/b28-14-. The molecular weight excluding hydrogens is 491 g/mol. The van der Waals surface area contributed by atoms with Gasteiger partial charge in [0, 0.05) is 5.02 Å². The SMILES string of the molecule is Cc1ccc(N(CC(=O)N/N=C\c2cccc(C(F)(F)F)c2)S(=O)(=O)c2ccccc2)cc1Cl. The number of benzene rings is 3. The lowest BCUT2D eigenvalue weighted by molar-refractivity contribution is -0.137. The van der Waals surface area contributed by atoms with E-state index < -0.39 is 34.2 Å². The van der Waals surface area contributed by atoms with Crippen molar-refractivity contribution in [2.45, 2.75) is 18.0 Å². The van der Waals surface area contributed by atoms with Crippen LogP contribution in [-0.4, -0.2) is 27.1 Å². The third kappa shape index (κ3) is 6.15. The molecule has 3 aromatic carbocycles. The van der Waals surface area contributed by atoms with Crippen molar-refractivity contribution >= 4 is 39.4 Å². The van der Waals surface area contributed by atoms with E-state index in [2.05, 4.69) is 10.5 Å². The molecule has 34 heavy (non-hydrogen) atoms. The average Bonchev–Trinajstić information content (AvgIpc) is 2.79. The number of carbonyl (C=O) groups is 1. The van der Waals surface area contributed by atoms with Crippen molar-refractivity contribution in [2.75, 3.05) is 10.8 Å². The number of amides is 1. The summed E-state index contributed by atoms with van der Waals surface area (Å²) in [7, 11) is -4.14. The highest BCUT2D eigenvalue weighted by Crippen LogP contribution is 2.29. The fraction of sp³-hybridized carbons (Fsp3) is 0.130. The highest BCUT2D eigenvalue weighted by molar-refractivity contribution is 7.92. The van der Waals surface area contributed by atoms with E-state index >= 15 is 0 Å². The summed E-state index contributed by atoms with van der Waals surface area (Å²) in [5, 5.41) is 3.97. The summed E-state index contributed by atoms with van der Waals surface area (Å²) in [6, 6.07) is 16.5. The summed E-state index contributed by atoms with van der Waals surface area (Å²) in [5.74, 6) is -0.806. The van der Waals surface area contributed by atoms with Crippen molar-refractivity contribution in [1.29, 1.82) is 0 Å². The summed E-state index contributed by atoms with van der Waals surface area (Å²) in [6.07, 6.45) is -3.49. The number of anilines is 1. The maximum atomic E-state index is 13.2. The predicted octanol–water partition coefficient (Wildman–Crippen LogP) is 5.01. The minimum atomic E-state index is -4.52. The second-order valence-electron chi connectivity index (χ2n) is 7.17. The number of halogens is 4. The van der Waals surface area contributed by atoms with Gasteiger partial charge in [0.05, 0.1) is 22.4 Å². The molecule has 0 heterocycles. The Balaban J connectivity index is 1.83. The van der Waals surface area contributed by atoms with E-state index in [1.807, 2.05) is 0 Å². The van der Waals surface area contributed by atoms with Crippen molar-refractivity contribution < 1.29 is 26.4 Å². The van der Waals surface area contributed by atoms with Crippen LogP contribution >= 0.6 is 11.6 Å². The van der Waals surface area contributed by atoms with E-state index in [4.69, 9.17) is 11.6 Å². The Hall–Kier alpha value is -3.37. The molecule has 0 aliphatic heterocycles. The highest BCUT2D eigenvalue weighted by Gasteiger charge is 2.30. The number of alkyl halides is 3. The van der Waals surface area contributed by atoms with Crippen LogP contribution in [0.25, 0.3) is 0 Å². The lowest BCUT2D eigenvalue weighted by Crippen LogP contribution is -2.39. The molecule has 0 bridgehead atoms. The number of aryl methyl sites for hydroxylation is 1. The Morgan fingerprint density at radius 1 is 1.06 bits per heavy atom. The average molecular weight is 510 g/mol. The molecule has 178 valence electrons. The number of carbonyl (C=O) groups excluding carboxylic acids is 1. The first-order chi connectivity index (χ1) is 16.0. The number of sulfonamides is 1. The maximum Gasteiger partial charge on any atom is 0.416 e. The normalized spacial score (nSPS) is 12.0. The van der Waals surface area contributed by atoms with Crippen LogP contribution in [0.1, 0.15) is 16.7 Å². The number of hydrazone groups is 1. The molecule has 1 amide bonds. The minimum Gasteiger partial charge on any atom is -0.271 e. The molecule has 0 radical (unpaired) electrons. The topological polar surface area (TPSA) is 78.8 Å². The van der Waals surface area contributed by atoms with Crippen LogP contribution in [0.4, 0.5) is 18.9 Å². The van der Waals surface area contributed by atoms with Gasteiger partial charge in [-0.1, -0.05) is 48.0 Å².